The lowest BCUT2D eigenvalue weighted by atomic mass is 9.68. The molecule has 1 saturated carbocycles. The van der Waals surface area contributed by atoms with E-state index < -0.39 is 0 Å². The molecular weight excluding hydrogens is 294 g/mol. The van der Waals surface area contributed by atoms with E-state index in [0.717, 1.165) is 42.7 Å². The summed E-state index contributed by atoms with van der Waals surface area (Å²) in [7, 11) is 1.65. The molecule has 5 nitrogen and oxygen atoms in total. The van der Waals surface area contributed by atoms with E-state index in [2.05, 4.69) is 5.32 Å². The van der Waals surface area contributed by atoms with Crippen molar-refractivity contribution < 1.29 is 19.0 Å². The fourth-order valence-electron chi connectivity index (χ4n) is 3.20. The predicted molar refractivity (Wildman–Crippen MR) is 86.8 cm³/mol. The Balaban J connectivity index is 1.69. The van der Waals surface area contributed by atoms with Crippen molar-refractivity contribution in [2.45, 2.75) is 38.6 Å². The second-order valence-corrected chi connectivity index (χ2v) is 6.52. The third kappa shape index (κ3) is 3.29. The Morgan fingerprint density at radius 2 is 2.00 bits per heavy atom. The van der Waals surface area contributed by atoms with Gasteiger partial charge in [-0.15, -0.1) is 0 Å². The molecule has 0 unspecified atom stereocenters. The number of nitrogens with one attached hydrogen (secondary N) is 1. The summed E-state index contributed by atoms with van der Waals surface area (Å²) in [6, 6.07) is 5.80. The van der Waals surface area contributed by atoms with Gasteiger partial charge in [0.25, 0.3) is 0 Å². The zero-order valence-corrected chi connectivity index (χ0v) is 13.9. The Morgan fingerprint density at radius 3 is 2.65 bits per heavy atom. The second kappa shape index (κ2) is 6.79. The van der Waals surface area contributed by atoms with Gasteiger partial charge in [0, 0.05) is 13.5 Å². The summed E-state index contributed by atoms with van der Waals surface area (Å²) < 4.78 is 16.6. The molecule has 2 aliphatic rings. The lowest BCUT2D eigenvalue weighted by Crippen LogP contribution is -2.49. The Morgan fingerprint density at radius 1 is 1.26 bits per heavy atom. The smallest absolute Gasteiger partial charge is 0.229 e. The number of carbonyl (C=O) groups is 1. The van der Waals surface area contributed by atoms with Gasteiger partial charge < -0.3 is 19.5 Å². The average Bonchev–Trinajstić information content (AvgIpc) is 2.75. The Hall–Kier alpha value is -1.75. The van der Waals surface area contributed by atoms with Crippen LogP contribution in [0.5, 0.6) is 11.5 Å². The molecule has 1 aliphatic carbocycles. The molecule has 0 bridgehead atoms. The third-order valence-electron chi connectivity index (χ3n) is 4.83. The van der Waals surface area contributed by atoms with Gasteiger partial charge in [-0.05, 0) is 37.5 Å². The van der Waals surface area contributed by atoms with Gasteiger partial charge in [0.15, 0.2) is 11.5 Å². The number of benzene rings is 1. The molecule has 1 N–H and O–H groups in total. The minimum absolute atomic E-state index is 0.0750. The second-order valence-electron chi connectivity index (χ2n) is 6.52. The number of fused-ring (bicyclic) bond motifs is 1. The number of carbonyl (C=O) groups excluding carboxylic acids is 1. The van der Waals surface area contributed by atoms with Crippen molar-refractivity contribution in [2.75, 3.05) is 26.9 Å². The lowest BCUT2D eigenvalue weighted by Gasteiger charge is -2.40. The first-order valence-corrected chi connectivity index (χ1v) is 8.34. The average molecular weight is 319 g/mol. The molecule has 1 amide bonds. The van der Waals surface area contributed by atoms with Gasteiger partial charge in [-0.25, -0.2) is 0 Å². The normalized spacial score (nSPS) is 20.1. The van der Waals surface area contributed by atoms with Gasteiger partial charge in [-0.2, -0.15) is 0 Å². The van der Waals surface area contributed by atoms with Crippen LogP contribution in [-0.4, -0.2) is 32.8 Å². The molecule has 126 valence electrons. The summed E-state index contributed by atoms with van der Waals surface area (Å²) in [5, 5.41) is 3.13. The molecule has 5 heteroatoms. The van der Waals surface area contributed by atoms with Gasteiger partial charge in [0.1, 0.15) is 0 Å². The first kappa shape index (κ1) is 16.1. The highest BCUT2D eigenvalue weighted by molar-refractivity contribution is 5.84. The van der Waals surface area contributed by atoms with Crippen molar-refractivity contribution in [1.82, 2.24) is 5.32 Å². The fourth-order valence-corrected chi connectivity index (χ4v) is 3.20. The highest BCUT2D eigenvalue weighted by Crippen LogP contribution is 2.42. The van der Waals surface area contributed by atoms with E-state index in [-0.39, 0.29) is 17.4 Å². The van der Waals surface area contributed by atoms with E-state index in [4.69, 9.17) is 14.2 Å². The highest BCUT2D eigenvalue weighted by Gasteiger charge is 2.44. The molecule has 0 aromatic heterocycles. The van der Waals surface area contributed by atoms with Crippen LogP contribution in [-0.2, 0) is 9.53 Å². The molecule has 1 heterocycles. The van der Waals surface area contributed by atoms with Crippen LogP contribution >= 0.6 is 0 Å². The van der Waals surface area contributed by atoms with Crippen LogP contribution in [0.4, 0.5) is 0 Å². The summed E-state index contributed by atoms with van der Waals surface area (Å²) >= 11 is 0. The minimum Gasteiger partial charge on any atom is -0.490 e. The number of amides is 1. The molecule has 1 atom stereocenters. The molecule has 3 rings (SSSR count). The third-order valence-corrected chi connectivity index (χ3v) is 4.83. The quantitative estimate of drug-likeness (QED) is 0.907. The predicted octanol–water partition coefficient (Wildman–Crippen LogP) is 2.84. The standard InChI is InChI=1S/C18H25NO4/c1-13(19-17(20)18(12-21-2)7-3-8-18)14-5-6-15-16(11-14)23-10-4-9-22-15/h5-6,11,13H,3-4,7-10,12H2,1-2H3,(H,19,20)/t13-/m0/s1. The highest BCUT2D eigenvalue weighted by atomic mass is 16.5. The summed E-state index contributed by atoms with van der Waals surface area (Å²) in [5.74, 6) is 1.63. The molecule has 1 aromatic carbocycles. The van der Waals surface area contributed by atoms with Gasteiger partial charge in [0.2, 0.25) is 5.91 Å². The Kier molecular flexibility index (Phi) is 4.76. The number of methoxy groups -OCH3 is 1. The number of hydrogen-bond acceptors (Lipinski definition) is 4. The summed E-state index contributed by atoms with van der Waals surface area (Å²) in [6.45, 7) is 3.83. The molecule has 1 fully saturated rings. The maximum atomic E-state index is 12.6. The van der Waals surface area contributed by atoms with Crippen LogP contribution in [0.3, 0.4) is 0 Å². The van der Waals surface area contributed by atoms with Crippen molar-refractivity contribution in [3.8, 4) is 11.5 Å². The van der Waals surface area contributed by atoms with Crippen LogP contribution < -0.4 is 14.8 Å². The Bertz CT molecular complexity index is 568. The minimum atomic E-state index is -0.339. The molecule has 0 saturated heterocycles. The zero-order chi connectivity index (χ0) is 16.3. The number of ether oxygens (including phenoxy) is 3. The lowest BCUT2D eigenvalue weighted by molar-refractivity contribution is -0.141. The molecule has 23 heavy (non-hydrogen) atoms. The van der Waals surface area contributed by atoms with Crippen LogP contribution in [0.2, 0.25) is 0 Å². The zero-order valence-electron chi connectivity index (χ0n) is 13.9. The van der Waals surface area contributed by atoms with E-state index in [1.54, 1.807) is 7.11 Å². The van der Waals surface area contributed by atoms with E-state index in [9.17, 15) is 4.79 Å². The van der Waals surface area contributed by atoms with Crippen LogP contribution in [0.1, 0.15) is 44.2 Å². The van der Waals surface area contributed by atoms with E-state index >= 15 is 0 Å². The van der Waals surface area contributed by atoms with Crippen molar-refractivity contribution in [3.63, 3.8) is 0 Å². The molecular formula is C18H25NO4. The molecule has 1 aromatic rings. The molecule has 0 spiro atoms. The van der Waals surface area contributed by atoms with Crippen molar-refractivity contribution in [3.05, 3.63) is 23.8 Å². The van der Waals surface area contributed by atoms with Crippen molar-refractivity contribution >= 4 is 5.91 Å². The summed E-state index contributed by atoms with van der Waals surface area (Å²) in [5.41, 5.74) is 0.684. The van der Waals surface area contributed by atoms with Crippen molar-refractivity contribution in [2.24, 2.45) is 5.41 Å². The maximum Gasteiger partial charge on any atom is 0.229 e. The first-order valence-electron chi connectivity index (χ1n) is 8.34. The van der Waals surface area contributed by atoms with Crippen LogP contribution in [0, 0.1) is 5.41 Å². The van der Waals surface area contributed by atoms with Crippen LogP contribution in [0.15, 0.2) is 18.2 Å². The van der Waals surface area contributed by atoms with Gasteiger partial charge >= 0.3 is 0 Å². The monoisotopic (exact) mass is 319 g/mol. The topological polar surface area (TPSA) is 56.8 Å². The summed E-state index contributed by atoms with van der Waals surface area (Å²) in [4.78, 5) is 12.6. The van der Waals surface area contributed by atoms with E-state index in [1.165, 1.54) is 0 Å². The SMILES string of the molecule is COCC1(C(=O)N[C@@H](C)c2ccc3c(c2)OCCCO3)CCC1. The molecule has 1 aliphatic heterocycles. The van der Waals surface area contributed by atoms with Gasteiger partial charge in [-0.1, -0.05) is 12.5 Å². The van der Waals surface area contributed by atoms with E-state index in [0.29, 0.717) is 19.8 Å². The maximum absolute atomic E-state index is 12.6. The van der Waals surface area contributed by atoms with Crippen molar-refractivity contribution in [1.29, 1.82) is 0 Å². The van der Waals surface area contributed by atoms with E-state index in [1.807, 2.05) is 25.1 Å². The fraction of sp³-hybridized carbons (Fsp3) is 0.611. The van der Waals surface area contributed by atoms with Gasteiger partial charge in [-0.3, -0.25) is 4.79 Å². The Labute approximate surface area is 137 Å². The largest absolute Gasteiger partial charge is 0.490 e. The van der Waals surface area contributed by atoms with Gasteiger partial charge in [0.05, 0.1) is 31.3 Å². The summed E-state index contributed by atoms with van der Waals surface area (Å²) in [6.07, 6.45) is 3.78. The number of rotatable bonds is 5. The first-order chi connectivity index (χ1) is 11.1. The molecule has 0 radical (unpaired) electrons. The van der Waals surface area contributed by atoms with Crippen LogP contribution in [0.25, 0.3) is 0 Å². The number of hydrogen-bond donors (Lipinski definition) is 1.